The number of rotatable bonds is 5. The summed E-state index contributed by atoms with van der Waals surface area (Å²) in [5.74, 6) is 0.0433. The van der Waals surface area contributed by atoms with E-state index in [4.69, 9.17) is 5.73 Å². The Labute approximate surface area is 151 Å². The van der Waals surface area contributed by atoms with Crippen molar-refractivity contribution in [1.82, 2.24) is 9.47 Å². The third-order valence-corrected chi connectivity index (χ3v) is 4.24. The van der Waals surface area contributed by atoms with E-state index in [-0.39, 0.29) is 23.7 Å². The average Bonchev–Trinajstić information content (AvgIpc) is 2.81. The van der Waals surface area contributed by atoms with Crippen LogP contribution in [0.5, 0.6) is 0 Å². The minimum absolute atomic E-state index is 0. The number of benzene rings is 1. The van der Waals surface area contributed by atoms with Crippen LogP contribution in [-0.4, -0.2) is 35.5 Å². The highest BCUT2D eigenvalue weighted by atomic mass is 35.5. The maximum atomic E-state index is 12.8. The highest BCUT2D eigenvalue weighted by Crippen LogP contribution is 2.23. The Hall–Kier alpha value is -1.78. The summed E-state index contributed by atoms with van der Waals surface area (Å²) in [5.41, 5.74) is 9.55. The number of carbonyl (C=O) groups excluding carboxylic acids is 1. The van der Waals surface area contributed by atoms with Gasteiger partial charge in [0.25, 0.3) is 5.91 Å². The zero-order valence-electron chi connectivity index (χ0n) is 15.2. The number of hydrogen-bond donors (Lipinski definition) is 1. The van der Waals surface area contributed by atoms with E-state index in [9.17, 15) is 4.79 Å². The summed E-state index contributed by atoms with van der Waals surface area (Å²) in [4.78, 5) is 14.6. The first-order valence-corrected chi connectivity index (χ1v) is 7.97. The second kappa shape index (κ2) is 7.86. The quantitative estimate of drug-likeness (QED) is 0.897. The molecule has 2 aromatic rings. The Morgan fingerprint density at radius 3 is 2.33 bits per heavy atom. The number of carbonyl (C=O) groups is 1. The summed E-state index contributed by atoms with van der Waals surface area (Å²) >= 11 is 0. The molecule has 132 valence electrons. The van der Waals surface area contributed by atoms with Crippen LogP contribution in [0, 0.1) is 19.3 Å². The lowest BCUT2D eigenvalue weighted by Gasteiger charge is -2.29. The molecule has 1 amide bonds. The zero-order chi connectivity index (χ0) is 17.2. The van der Waals surface area contributed by atoms with Crippen molar-refractivity contribution >= 4 is 18.3 Å². The molecule has 24 heavy (non-hydrogen) atoms. The fourth-order valence-electron chi connectivity index (χ4n) is 2.94. The average molecular weight is 350 g/mol. The molecule has 0 aliphatic heterocycles. The molecule has 0 aliphatic rings. The monoisotopic (exact) mass is 349 g/mol. The predicted octanol–water partition coefficient (Wildman–Crippen LogP) is 3.57. The minimum Gasteiger partial charge on any atom is -0.341 e. The number of nitrogens with two attached hydrogens (primary N) is 1. The minimum atomic E-state index is -0.0879. The zero-order valence-corrected chi connectivity index (χ0v) is 16.0. The van der Waals surface area contributed by atoms with Crippen molar-refractivity contribution in [2.45, 2.75) is 27.7 Å². The highest BCUT2D eigenvalue weighted by Gasteiger charge is 2.24. The van der Waals surface area contributed by atoms with Gasteiger partial charge in [-0.3, -0.25) is 4.79 Å². The SMILES string of the molecule is Cc1cc(C(=O)N(C)CC(C)(C)CN)c(C)n1-c1ccccc1.Cl. The van der Waals surface area contributed by atoms with Crippen molar-refractivity contribution in [2.75, 3.05) is 20.1 Å². The molecule has 2 rings (SSSR count). The predicted molar refractivity (Wildman–Crippen MR) is 102 cm³/mol. The highest BCUT2D eigenvalue weighted by molar-refractivity contribution is 5.95. The fourth-order valence-corrected chi connectivity index (χ4v) is 2.94. The molecule has 1 aromatic carbocycles. The molecule has 1 aromatic heterocycles. The van der Waals surface area contributed by atoms with Crippen molar-refractivity contribution in [3.8, 4) is 5.69 Å². The Balaban J connectivity index is 0.00000288. The van der Waals surface area contributed by atoms with E-state index in [0.29, 0.717) is 13.1 Å². The molecule has 2 N–H and O–H groups in total. The lowest BCUT2D eigenvalue weighted by atomic mass is 9.93. The lowest BCUT2D eigenvalue weighted by Crippen LogP contribution is -2.39. The van der Waals surface area contributed by atoms with Gasteiger partial charge in [-0.25, -0.2) is 0 Å². The van der Waals surface area contributed by atoms with Crippen LogP contribution >= 0.6 is 12.4 Å². The van der Waals surface area contributed by atoms with Crippen molar-refractivity contribution in [1.29, 1.82) is 0 Å². The summed E-state index contributed by atoms with van der Waals surface area (Å²) in [5, 5.41) is 0. The molecule has 0 radical (unpaired) electrons. The van der Waals surface area contributed by atoms with Gasteiger partial charge < -0.3 is 15.2 Å². The number of para-hydroxylation sites is 1. The van der Waals surface area contributed by atoms with E-state index in [1.807, 2.05) is 45.2 Å². The molecule has 5 heteroatoms. The molecular formula is C19H28ClN3O. The van der Waals surface area contributed by atoms with Gasteiger partial charge in [0.05, 0.1) is 5.56 Å². The molecule has 0 aliphatic carbocycles. The second-order valence-corrected chi connectivity index (χ2v) is 6.99. The van der Waals surface area contributed by atoms with Gasteiger partial charge in [-0.2, -0.15) is 0 Å². The van der Waals surface area contributed by atoms with E-state index in [2.05, 4.69) is 30.5 Å². The van der Waals surface area contributed by atoms with Crippen LogP contribution in [0.25, 0.3) is 5.69 Å². The number of aryl methyl sites for hydroxylation is 1. The first-order chi connectivity index (χ1) is 10.8. The number of hydrogen-bond acceptors (Lipinski definition) is 2. The van der Waals surface area contributed by atoms with Crippen molar-refractivity contribution < 1.29 is 4.79 Å². The fraction of sp³-hybridized carbons (Fsp3) is 0.421. The van der Waals surface area contributed by atoms with Crippen LogP contribution in [0.1, 0.15) is 35.6 Å². The molecule has 0 spiro atoms. The van der Waals surface area contributed by atoms with E-state index in [0.717, 1.165) is 22.6 Å². The first kappa shape index (κ1) is 20.3. The lowest BCUT2D eigenvalue weighted by molar-refractivity contribution is 0.0740. The Kier molecular flexibility index (Phi) is 6.64. The van der Waals surface area contributed by atoms with Gasteiger partial charge >= 0.3 is 0 Å². The molecule has 4 nitrogen and oxygen atoms in total. The number of nitrogens with zero attached hydrogens (tertiary/aromatic N) is 2. The van der Waals surface area contributed by atoms with Crippen LogP contribution < -0.4 is 5.73 Å². The number of halogens is 1. The van der Waals surface area contributed by atoms with E-state index < -0.39 is 0 Å². The second-order valence-electron chi connectivity index (χ2n) is 6.99. The summed E-state index contributed by atoms with van der Waals surface area (Å²) in [6.07, 6.45) is 0. The number of amides is 1. The van der Waals surface area contributed by atoms with E-state index in [1.54, 1.807) is 4.90 Å². The Morgan fingerprint density at radius 1 is 1.21 bits per heavy atom. The van der Waals surface area contributed by atoms with Gasteiger partial charge in [-0.1, -0.05) is 32.0 Å². The molecule has 0 saturated carbocycles. The maximum absolute atomic E-state index is 12.8. The Bertz CT molecular complexity index is 692. The summed E-state index contributed by atoms with van der Waals surface area (Å²) in [6, 6.07) is 12.1. The van der Waals surface area contributed by atoms with Crippen molar-refractivity contribution in [2.24, 2.45) is 11.1 Å². The van der Waals surface area contributed by atoms with Gasteiger partial charge in [0, 0.05) is 30.7 Å². The summed E-state index contributed by atoms with van der Waals surface area (Å²) < 4.78 is 2.12. The van der Waals surface area contributed by atoms with E-state index in [1.165, 1.54) is 0 Å². The third kappa shape index (κ3) is 4.19. The normalized spacial score (nSPS) is 11.1. The first-order valence-electron chi connectivity index (χ1n) is 7.97. The van der Waals surface area contributed by atoms with Crippen molar-refractivity contribution in [3.63, 3.8) is 0 Å². The largest absolute Gasteiger partial charge is 0.341 e. The van der Waals surface area contributed by atoms with Crippen LogP contribution in [0.3, 0.4) is 0 Å². The maximum Gasteiger partial charge on any atom is 0.255 e. The van der Waals surface area contributed by atoms with Gasteiger partial charge in [0.15, 0.2) is 0 Å². The molecule has 0 atom stereocenters. The Morgan fingerprint density at radius 2 is 1.79 bits per heavy atom. The summed E-state index contributed by atoms with van der Waals surface area (Å²) in [6.45, 7) is 9.36. The molecule has 0 bridgehead atoms. The standard InChI is InChI=1S/C19H27N3O.ClH/c1-14-11-17(18(23)21(5)13-19(3,4)12-20)15(2)22(14)16-9-7-6-8-10-16;/h6-11H,12-13,20H2,1-5H3;1H. The van der Waals surface area contributed by atoms with Crippen LogP contribution in [0.4, 0.5) is 0 Å². The topological polar surface area (TPSA) is 51.3 Å². The molecule has 0 unspecified atom stereocenters. The molecule has 1 heterocycles. The van der Waals surface area contributed by atoms with Crippen LogP contribution in [0.2, 0.25) is 0 Å². The van der Waals surface area contributed by atoms with Crippen LogP contribution in [-0.2, 0) is 0 Å². The smallest absolute Gasteiger partial charge is 0.255 e. The van der Waals surface area contributed by atoms with Crippen LogP contribution in [0.15, 0.2) is 36.4 Å². The molecule has 0 saturated heterocycles. The van der Waals surface area contributed by atoms with E-state index >= 15 is 0 Å². The van der Waals surface area contributed by atoms with Gasteiger partial charge in [-0.05, 0) is 44.0 Å². The summed E-state index contributed by atoms with van der Waals surface area (Å²) in [7, 11) is 1.84. The third-order valence-electron chi connectivity index (χ3n) is 4.24. The molecular weight excluding hydrogens is 322 g/mol. The van der Waals surface area contributed by atoms with Gasteiger partial charge in [0.1, 0.15) is 0 Å². The van der Waals surface area contributed by atoms with Gasteiger partial charge in [0.2, 0.25) is 0 Å². The molecule has 0 fully saturated rings. The number of aromatic nitrogens is 1. The van der Waals surface area contributed by atoms with Gasteiger partial charge in [-0.15, -0.1) is 12.4 Å². The van der Waals surface area contributed by atoms with Crippen molar-refractivity contribution in [3.05, 3.63) is 53.3 Å².